The highest BCUT2D eigenvalue weighted by Crippen LogP contribution is 2.29. The van der Waals surface area contributed by atoms with Crippen LogP contribution in [-0.2, 0) is 16.4 Å². The predicted octanol–water partition coefficient (Wildman–Crippen LogP) is 3.37. The van der Waals surface area contributed by atoms with Crippen molar-refractivity contribution in [2.45, 2.75) is 43.5 Å². The van der Waals surface area contributed by atoms with Crippen molar-refractivity contribution in [3.63, 3.8) is 0 Å². The number of halogens is 1. The molecule has 1 fully saturated rings. The first-order valence-electron chi connectivity index (χ1n) is 9.47. The highest BCUT2D eigenvalue weighted by atomic mass is 32.2. The lowest BCUT2D eigenvalue weighted by molar-refractivity contribution is 0.364. The van der Waals surface area contributed by atoms with Crippen LogP contribution in [0.4, 0.5) is 4.39 Å². The van der Waals surface area contributed by atoms with Crippen molar-refractivity contribution in [2.24, 2.45) is 0 Å². The van der Waals surface area contributed by atoms with E-state index in [0.717, 1.165) is 12.8 Å². The molecule has 0 radical (unpaired) electrons. The number of hydrogen-bond acceptors (Lipinski definition) is 6. The van der Waals surface area contributed by atoms with Gasteiger partial charge in [0.05, 0.1) is 4.90 Å². The van der Waals surface area contributed by atoms with Gasteiger partial charge < -0.3 is 4.52 Å². The number of pyridine rings is 1. The third kappa shape index (κ3) is 4.06. The number of hydrogen-bond donors (Lipinski definition) is 0. The van der Waals surface area contributed by atoms with Gasteiger partial charge in [0.25, 0.3) is 5.89 Å². The van der Waals surface area contributed by atoms with Crippen molar-refractivity contribution in [3.8, 4) is 11.6 Å². The first-order chi connectivity index (χ1) is 13.9. The molecule has 0 aliphatic carbocycles. The number of nitrogens with zero attached hydrogens (tertiary/aromatic N) is 4. The largest absolute Gasteiger partial charge is 0.332 e. The van der Waals surface area contributed by atoms with Crippen LogP contribution in [0.5, 0.6) is 0 Å². The third-order valence-electron chi connectivity index (χ3n) is 5.11. The van der Waals surface area contributed by atoms with E-state index in [1.807, 2.05) is 6.07 Å². The van der Waals surface area contributed by atoms with Gasteiger partial charge in [-0.1, -0.05) is 11.2 Å². The Hall–Kier alpha value is -2.65. The van der Waals surface area contributed by atoms with Crippen LogP contribution >= 0.6 is 0 Å². The molecule has 4 rings (SSSR count). The van der Waals surface area contributed by atoms with Crippen LogP contribution in [0.3, 0.4) is 0 Å². The van der Waals surface area contributed by atoms with E-state index in [0.29, 0.717) is 42.4 Å². The fourth-order valence-electron chi connectivity index (χ4n) is 3.57. The Morgan fingerprint density at radius 1 is 1.28 bits per heavy atom. The Kier molecular flexibility index (Phi) is 5.42. The van der Waals surface area contributed by atoms with Gasteiger partial charge in [-0.05, 0) is 62.1 Å². The SMILES string of the molecule is Cc1cc(S(=O)(=O)N2CCCC2CCc2noc(-c3ccccn3)n2)ccc1F. The van der Waals surface area contributed by atoms with Crippen LogP contribution in [0.1, 0.15) is 30.7 Å². The summed E-state index contributed by atoms with van der Waals surface area (Å²) in [5, 5.41) is 3.98. The summed E-state index contributed by atoms with van der Waals surface area (Å²) in [6.07, 6.45) is 4.29. The number of rotatable bonds is 6. The summed E-state index contributed by atoms with van der Waals surface area (Å²) in [4.78, 5) is 8.66. The van der Waals surface area contributed by atoms with E-state index < -0.39 is 15.8 Å². The zero-order valence-corrected chi connectivity index (χ0v) is 16.8. The first-order valence-corrected chi connectivity index (χ1v) is 10.9. The summed E-state index contributed by atoms with van der Waals surface area (Å²) in [5.74, 6) is 0.452. The number of sulfonamides is 1. The molecule has 3 aromatic rings. The molecule has 0 N–H and O–H groups in total. The Labute approximate surface area is 168 Å². The van der Waals surface area contributed by atoms with Gasteiger partial charge in [0.15, 0.2) is 5.82 Å². The molecular formula is C20H21FN4O3S. The van der Waals surface area contributed by atoms with Crippen LogP contribution < -0.4 is 0 Å². The minimum absolute atomic E-state index is 0.125. The second-order valence-corrected chi connectivity index (χ2v) is 8.98. The van der Waals surface area contributed by atoms with Crippen molar-refractivity contribution in [1.29, 1.82) is 0 Å². The zero-order chi connectivity index (χ0) is 20.4. The highest BCUT2D eigenvalue weighted by molar-refractivity contribution is 7.89. The van der Waals surface area contributed by atoms with Gasteiger partial charge in [-0.25, -0.2) is 12.8 Å². The van der Waals surface area contributed by atoms with E-state index in [9.17, 15) is 12.8 Å². The first kappa shape index (κ1) is 19.7. The molecule has 1 aliphatic heterocycles. The van der Waals surface area contributed by atoms with E-state index in [4.69, 9.17) is 4.52 Å². The average molecular weight is 416 g/mol. The lowest BCUT2D eigenvalue weighted by Gasteiger charge is -2.24. The molecule has 0 spiro atoms. The van der Waals surface area contributed by atoms with Crippen LogP contribution in [-0.4, -0.2) is 40.4 Å². The summed E-state index contributed by atoms with van der Waals surface area (Å²) in [7, 11) is -3.68. The smallest absolute Gasteiger partial charge is 0.276 e. The molecule has 1 aliphatic rings. The predicted molar refractivity (Wildman–Crippen MR) is 104 cm³/mol. The molecule has 0 amide bonds. The summed E-state index contributed by atoms with van der Waals surface area (Å²) < 4.78 is 46.4. The molecule has 7 nitrogen and oxygen atoms in total. The van der Waals surface area contributed by atoms with E-state index in [-0.39, 0.29) is 10.9 Å². The molecule has 2 aromatic heterocycles. The molecule has 1 unspecified atom stereocenters. The Morgan fingerprint density at radius 3 is 2.90 bits per heavy atom. The second-order valence-electron chi connectivity index (χ2n) is 7.09. The number of aromatic nitrogens is 3. The van der Waals surface area contributed by atoms with E-state index >= 15 is 0 Å². The Balaban J connectivity index is 1.46. The molecular weight excluding hydrogens is 395 g/mol. The van der Waals surface area contributed by atoms with Crippen molar-refractivity contribution in [3.05, 3.63) is 59.8 Å². The lowest BCUT2D eigenvalue weighted by Crippen LogP contribution is -2.36. The van der Waals surface area contributed by atoms with Gasteiger partial charge in [0.1, 0.15) is 11.5 Å². The van der Waals surface area contributed by atoms with Gasteiger partial charge in [-0.2, -0.15) is 9.29 Å². The molecule has 9 heteroatoms. The molecule has 0 saturated carbocycles. The maximum Gasteiger partial charge on any atom is 0.276 e. The van der Waals surface area contributed by atoms with Crippen LogP contribution in [0.25, 0.3) is 11.6 Å². The minimum atomic E-state index is -3.68. The van der Waals surface area contributed by atoms with Crippen molar-refractivity contribution in [1.82, 2.24) is 19.4 Å². The normalized spacial score (nSPS) is 17.7. The van der Waals surface area contributed by atoms with E-state index in [2.05, 4.69) is 15.1 Å². The van der Waals surface area contributed by atoms with Gasteiger partial charge in [0, 0.05) is 25.2 Å². The van der Waals surface area contributed by atoms with Crippen LogP contribution in [0.15, 0.2) is 52.0 Å². The number of aryl methyl sites for hydroxylation is 2. The third-order valence-corrected chi connectivity index (χ3v) is 7.06. The summed E-state index contributed by atoms with van der Waals surface area (Å²) in [6.45, 7) is 2.01. The standard InChI is InChI=1S/C20H21FN4O3S/c1-14-13-16(8-9-17(14)21)29(26,27)25-12-4-5-15(25)7-10-19-23-20(28-24-19)18-6-2-3-11-22-18/h2-3,6,8-9,11,13,15H,4-5,7,10,12H2,1H3. The molecule has 1 aromatic carbocycles. The van der Waals surface area contributed by atoms with Gasteiger partial charge in [0.2, 0.25) is 10.0 Å². The van der Waals surface area contributed by atoms with E-state index in [1.54, 1.807) is 25.3 Å². The van der Waals surface area contributed by atoms with Crippen LogP contribution in [0.2, 0.25) is 0 Å². The van der Waals surface area contributed by atoms with Crippen molar-refractivity contribution in [2.75, 3.05) is 6.54 Å². The van der Waals surface area contributed by atoms with Gasteiger partial charge in [-0.3, -0.25) is 4.98 Å². The van der Waals surface area contributed by atoms with E-state index in [1.165, 1.54) is 22.5 Å². The second kappa shape index (κ2) is 8.00. The minimum Gasteiger partial charge on any atom is -0.332 e. The molecule has 3 heterocycles. The highest BCUT2D eigenvalue weighted by Gasteiger charge is 2.35. The Morgan fingerprint density at radius 2 is 2.14 bits per heavy atom. The quantitative estimate of drug-likeness (QED) is 0.612. The molecule has 152 valence electrons. The van der Waals surface area contributed by atoms with Crippen molar-refractivity contribution >= 4 is 10.0 Å². The summed E-state index contributed by atoms with van der Waals surface area (Å²) in [5.41, 5.74) is 0.915. The Bertz CT molecular complexity index is 1100. The fourth-order valence-corrected chi connectivity index (χ4v) is 5.38. The maximum absolute atomic E-state index is 13.5. The molecule has 29 heavy (non-hydrogen) atoms. The van der Waals surface area contributed by atoms with Gasteiger partial charge in [-0.15, -0.1) is 0 Å². The number of benzene rings is 1. The zero-order valence-electron chi connectivity index (χ0n) is 16.0. The van der Waals surface area contributed by atoms with Crippen molar-refractivity contribution < 1.29 is 17.3 Å². The van der Waals surface area contributed by atoms with Gasteiger partial charge >= 0.3 is 0 Å². The fraction of sp³-hybridized carbons (Fsp3) is 0.350. The molecule has 1 saturated heterocycles. The van der Waals surface area contributed by atoms with Crippen LogP contribution in [0, 0.1) is 12.7 Å². The summed E-state index contributed by atoms with van der Waals surface area (Å²) in [6, 6.07) is 9.19. The maximum atomic E-state index is 13.5. The molecule has 1 atom stereocenters. The average Bonchev–Trinajstić information content (AvgIpc) is 3.38. The topological polar surface area (TPSA) is 89.2 Å². The molecule has 0 bridgehead atoms. The summed E-state index contributed by atoms with van der Waals surface area (Å²) >= 11 is 0. The lowest BCUT2D eigenvalue weighted by atomic mass is 10.1. The monoisotopic (exact) mass is 416 g/mol.